The van der Waals surface area contributed by atoms with Crippen LogP contribution in [-0.4, -0.2) is 58.0 Å². The van der Waals surface area contributed by atoms with Crippen molar-refractivity contribution in [2.75, 3.05) is 36.4 Å². The summed E-state index contributed by atoms with van der Waals surface area (Å²) in [4.78, 5) is 29.4. The van der Waals surface area contributed by atoms with Gasteiger partial charge in [0, 0.05) is 57.0 Å². The molecule has 0 spiro atoms. The summed E-state index contributed by atoms with van der Waals surface area (Å²) in [6.45, 7) is 2.81. The van der Waals surface area contributed by atoms with E-state index in [1.807, 2.05) is 11.0 Å². The highest BCUT2D eigenvalue weighted by atomic mass is 16.2. The molecule has 2 aromatic heterocycles. The van der Waals surface area contributed by atoms with Crippen LogP contribution in [0.2, 0.25) is 0 Å². The van der Waals surface area contributed by atoms with Crippen molar-refractivity contribution in [1.29, 1.82) is 0 Å². The average molecular weight is 324 g/mol. The summed E-state index contributed by atoms with van der Waals surface area (Å²) in [5.41, 5.74) is 1.57. The lowest BCUT2D eigenvalue weighted by Crippen LogP contribution is -2.49. The molecule has 2 fully saturated rings. The van der Waals surface area contributed by atoms with Gasteiger partial charge in [-0.25, -0.2) is 9.97 Å². The van der Waals surface area contributed by atoms with Crippen LogP contribution in [0.5, 0.6) is 0 Å². The molecule has 1 saturated carbocycles. The molecule has 3 heterocycles. The lowest BCUT2D eigenvalue weighted by Gasteiger charge is -2.34. The molecule has 1 N–H and O–H groups in total. The summed E-state index contributed by atoms with van der Waals surface area (Å²) in [5.74, 6) is 0.762. The Hall–Kier alpha value is -2.70. The predicted molar refractivity (Wildman–Crippen MR) is 91.0 cm³/mol. The lowest BCUT2D eigenvalue weighted by atomic mass is 10.2. The van der Waals surface area contributed by atoms with Gasteiger partial charge in [0.05, 0.1) is 11.3 Å². The maximum Gasteiger partial charge on any atom is 0.255 e. The number of hydrogen-bond acceptors (Lipinski definition) is 6. The fourth-order valence-electron chi connectivity index (χ4n) is 2.85. The minimum Gasteiger partial charge on any atom is -0.381 e. The molecule has 0 aromatic carbocycles. The Morgan fingerprint density at radius 1 is 1.08 bits per heavy atom. The van der Waals surface area contributed by atoms with Gasteiger partial charge >= 0.3 is 0 Å². The van der Waals surface area contributed by atoms with Crippen LogP contribution in [0.3, 0.4) is 0 Å². The van der Waals surface area contributed by atoms with Gasteiger partial charge < -0.3 is 15.1 Å². The van der Waals surface area contributed by atoms with Gasteiger partial charge in [-0.1, -0.05) is 0 Å². The highest BCUT2D eigenvalue weighted by Crippen LogP contribution is 2.24. The van der Waals surface area contributed by atoms with Gasteiger partial charge in [-0.05, 0) is 25.0 Å². The number of pyridine rings is 1. The molecular formula is C17H20N6O. The molecule has 4 rings (SSSR count). The van der Waals surface area contributed by atoms with E-state index in [9.17, 15) is 4.79 Å². The second-order valence-corrected chi connectivity index (χ2v) is 6.21. The Kier molecular flexibility index (Phi) is 3.98. The van der Waals surface area contributed by atoms with E-state index in [-0.39, 0.29) is 5.91 Å². The molecule has 2 aliphatic rings. The van der Waals surface area contributed by atoms with Gasteiger partial charge in [0.2, 0.25) is 5.95 Å². The Morgan fingerprint density at radius 2 is 1.83 bits per heavy atom. The first-order chi connectivity index (χ1) is 11.8. The topological polar surface area (TPSA) is 74.2 Å². The zero-order valence-electron chi connectivity index (χ0n) is 13.4. The van der Waals surface area contributed by atoms with Gasteiger partial charge in [0.1, 0.15) is 0 Å². The van der Waals surface area contributed by atoms with E-state index in [1.54, 1.807) is 30.9 Å². The molecule has 0 unspecified atom stereocenters. The minimum absolute atomic E-state index is 0.0376. The van der Waals surface area contributed by atoms with Crippen molar-refractivity contribution in [3.05, 3.63) is 42.5 Å². The first-order valence-corrected chi connectivity index (χ1v) is 8.32. The third-order valence-electron chi connectivity index (χ3n) is 4.34. The van der Waals surface area contributed by atoms with Gasteiger partial charge in [0.15, 0.2) is 0 Å². The van der Waals surface area contributed by atoms with Crippen molar-refractivity contribution < 1.29 is 4.79 Å². The number of piperazine rings is 1. The molecule has 0 radical (unpaired) electrons. The lowest BCUT2D eigenvalue weighted by molar-refractivity contribution is 0.0746. The summed E-state index contributed by atoms with van der Waals surface area (Å²) >= 11 is 0. The van der Waals surface area contributed by atoms with E-state index in [0.29, 0.717) is 24.7 Å². The third-order valence-corrected chi connectivity index (χ3v) is 4.34. The van der Waals surface area contributed by atoms with Crippen LogP contribution in [0.25, 0.3) is 0 Å². The van der Waals surface area contributed by atoms with Crippen LogP contribution in [-0.2, 0) is 0 Å². The van der Waals surface area contributed by atoms with Crippen LogP contribution in [0.1, 0.15) is 23.2 Å². The SMILES string of the molecule is O=C(c1cncc(NC2CC2)c1)N1CCN(c2ncccn2)CC1. The minimum atomic E-state index is 0.0376. The number of rotatable bonds is 4. The molecule has 124 valence electrons. The highest BCUT2D eigenvalue weighted by Gasteiger charge is 2.25. The molecule has 7 nitrogen and oxygen atoms in total. The molecule has 0 atom stereocenters. The molecular weight excluding hydrogens is 304 g/mol. The summed E-state index contributed by atoms with van der Waals surface area (Å²) in [6.07, 6.45) is 9.30. The largest absolute Gasteiger partial charge is 0.381 e. The van der Waals surface area contributed by atoms with E-state index in [0.717, 1.165) is 24.7 Å². The van der Waals surface area contributed by atoms with Crippen molar-refractivity contribution in [3.8, 4) is 0 Å². The molecule has 24 heavy (non-hydrogen) atoms. The van der Waals surface area contributed by atoms with Crippen LogP contribution >= 0.6 is 0 Å². The zero-order chi connectivity index (χ0) is 16.4. The Balaban J connectivity index is 1.39. The highest BCUT2D eigenvalue weighted by molar-refractivity contribution is 5.95. The maximum absolute atomic E-state index is 12.7. The third kappa shape index (κ3) is 3.29. The number of anilines is 2. The van der Waals surface area contributed by atoms with Crippen LogP contribution in [0, 0.1) is 0 Å². The number of amides is 1. The van der Waals surface area contributed by atoms with Crippen molar-refractivity contribution >= 4 is 17.5 Å². The first-order valence-electron chi connectivity index (χ1n) is 8.32. The summed E-state index contributed by atoms with van der Waals surface area (Å²) < 4.78 is 0. The van der Waals surface area contributed by atoms with Crippen molar-refractivity contribution in [3.63, 3.8) is 0 Å². The van der Waals surface area contributed by atoms with Crippen LogP contribution in [0.4, 0.5) is 11.6 Å². The van der Waals surface area contributed by atoms with Gasteiger partial charge in [-0.3, -0.25) is 9.78 Å². The Labute approximate surface area is 140 Å². The second-order valence-electron chi connectivity index (χ2n) is 6.21. The quantitative estimate of drug-likeness (QED) is 0.916. The second kappa shape index (κ2) is 6.43. The monoisotopic (exact) mass is 324 g/mol. The van der Waals surface area contributed by atoms with E-state index in [2.05, 4.69) is 25.2 Å². The molecule has 1 amide bonds. The molecule has 2 aromatic rings. The summed E-state index contributed by atoms with van der Waals surface area (Å²) in [7, 11) is 0. The van der Waals surface area contributed by atoms with Crippen LogP contribution < -0.4 is 10.2 Å². The van der Waals surface area contributed by atoms with E-state index in [4.69, 9.17) is 0 Å². The van der Waals surface area contributed by atoms with E-state index < -0.39 is 0 Å². The molecule has 0 bridgehead atoms. The summed E-state index contributed by atoms with van der Waals surface area (Å²) in [6, 6.07) is 4.26. The van der Waals surface area contributed by atoms with E-state index in [1.165, 1.54) is 12.8 Å². The Morgan fingerprint density at radius 3 is 2.54 bits per heavy atom. The van der Waals surface area contributed by atoms with Crippen molar-refractivity contribution in [2.45, 2.75) is 18.9 Å². The predicted octanol–water partition coefficient (Wildman–Crippen LogP) is 1.41. The van der Waals surface area contributed by atoms with Gasteiger partial charge in [0.25, 0.3) is 5.91 Å². The molecule has 1 aliphatic heterocycles. The number of hydrogen-bond donors (Lipinski definition) is 1. The number of nitrogens with one attached hydrogen (secondary N) is 1. The molecule has 7 heteroatoms. The Bertz CT molecular complexity index is 710. The number of aromatic nitrogens is 3. The molecule has 1 saturated heterocycles. The summed E-state index contributed by atoms with van der Waals surface area (Å²) in [5, 5.41) is 3.38. The number of nitrogens with zero attached hydrogens (tertiary/aromatic N) is 5. The van der Waals surface area contributed by atoms with Crippen LogP contribution in [0.15, 0.2) is 36.9 Å². The normalized spacial score (nSPS) is 17.7. The van der Waals surface area contributed by atoms with E-state index >= 15 is 0 Å². The van der Waals surface area contributed by atoms with Crippen molar-refractivity contribution in [1.82, 2.24) is 19.9 Å². The molecule has 1 aliphatic carbocycles. The fraction of sp³-hybridized carbons (Fsp3) is 0.412. The fourth-order valence-corrected chi connectivity index (χ4v) is 2.85. The number of carbonyl (C=O) groups excluding carboxylic acids is 1. The standard InChI is InChI=1S/C17H20N6O/c24-16(13-10-15(12-18-11-13)21-14-2-3-14)22-6-8-23(9-7-22)17-19-4-1-5-20-17/h1,4-5,10-12,14,21H,2-3,6-9H2. The number of carbonyl (C=O) groups is 1. The van der Waals surface area contributed by atoms with Crippen molar-refractivity contribution in [2.24, 2.45) is 0 Å². The van der Waals surface area contributed by atoms with Gasteiger partial charge in [-0.2, -0.15) is 0 Å². The maximum atomic E-state index is 12.7. The average Bonchev–Trinajstić information content (AvgIpc) is 3.46. The smallest absolute Gasteiger partial charge is 0.255 e. The zero-order valence-corrected chi connectivity index (χ0v) is 13.4. The van der Waals surface area contributed by atoms with Gasteiger partial charge in [-0.15, -0.1) is 0 Å². The first kappa shape index (κ1) is 14.9.